The molecule has 0 aliphatic carbocycles. The van der Waals surface area contributed by atoms with Gasteiger partial charge in [-0.15, -0.1) is 0 Å². The summed E-state index contributed by atoms with van der Waals surface area (Å²) in [5, 5.41) is 0. The van der Waals surface area contributed by atoms with E-state index in [-0.39, 0.29) is 39.3 Å². The average Bonchev–Trinajstić information content (AvgIpc) is 2.86. The summed E-state index contributed by atoms with van der Waals surface area (Å²) < 4.78 is 91.5. The molecule has 0 spiro atoms. The lowest BCUT2D eigenvalue weighted by Gasteiger charge is -2.30. The zero-order valence-electron chi connectivity index (χ0n) is 25.5. The molecule has 0 bridgehead atoms. The molecular formula is C26H46O14S2. The molecule has 0 aromatic carbocycles. The Bertz CT molecular complexity index is 971. The normalized spacial score (nSPS) is 17.0. The maximum absolute atomic E-state index is 12.2. The molecule has 0 fully saturated rings. The van der Waals surface area contributed by atoms with E-state index in [1.165, 1.54) is 28.1 Å². The zero-order chi connectivity index (χ0) is 32.3. The SMILES string of the molecule is C/C=C/[C@@H](OCOC)[C@H](CC[C@@H](OS(C)(=O)=O)[C@@H](CC[C@H](OC(C)=O)[C@@H](/C=C/C)OCOC)OS(C)(=O)=O)OC(C)=O. The molecule has 0 aliphatic heterocycles. The van der Waals surface area contributed by atoms with Gasteiger partial charge in [0.25, 0.3) is 20.2 Å². The van der Waals surface area contributed by atoms with Crippen molar-refractivity contribution < 1.29 is 63.2 Å². The maximum Gasteiger partial charge on any atom is 0.303 e. The summed E-state index contributed by atoms with van der Waals surface area (Å²) >= 11 is 0. The first-order valence-corrected chi connectivity index (χ1v) is 16.8. The Kier molecular flexibility index (Phi) is 19.9. The van der Waals surface area contributed by atoms with Gasteiger partial charge in [-0.2, -0.15) is 16.8 Å². The average molecular weight is 647 g/mol. The van der Waals surface area contributed by atoms with E-state index in [2.05, 4.69) is 0 Å². The summed E-state index contributed by atoms with van der Waals surface area (Å²) in [5.74, 6) is -1.23. The molecule has 246 valence electrons. The highest BCUT2D eigenvalue weighted by atomic mass is 32.2. The van der Waals surface area contributed by atoms with Gasteiger partial charge in [-0.3, -0.25) is 18.0 Å². The van der Waals surface area contributed by atoms with Crippen molar-refractivity contribution in [3.8, 4) is 0 Å². The lowest BCUT2D eigenvalue weighted by molar-refractivity contribution is -0.160. The fourth-order valence-corrected chi connectivity index (χ4v) is 5.29. The van der Waals surface area contributed by atoms with Crippen LogP contribution in [0.1, 0.15) is 53.4 Å². The predicted molar refractivity (Wildman–Crippen MR) is 152 cm³/mol. The Morgan fingerprint density at radius 2 is 0.929 bits per heavy atom. The molecule has 0 aromatic rings. The van der Waals surface area contributed by atoms with Crippen molar-refractivity contribution in [1.82, 2.24) is 0 Å². The molecule has 14 nitrogen and oxygen atoms in total. The molecule has 0 heterocycles. The molecule has 0 unspecified atom stereocenters. The number of methoxy groups -OCH3 is 2. The van der Waals surface area contributed by atoms with E-state index in [1.54, 1.807) is 38.2 Å². The molecule has 0 radical (unpaired) electrons. The molecule has 42 heavy (non-hydrogen) atoms. The van der Waals surface area contributed by atoms with Crippen LogP contribution in [0.5, 0.6) is 0 Å². The van der Waals surface area contributed by atoms with E-state index in [0.717, 1.165) is 12.5 Å². The van der Waals surface area contributed by atoms with Gasteiger partial charge in [-0.25, -0.2) is 0 Å². The highest BCUT2D eigenvalue weighted by Crippen LogP contribution is 2.25. The summed E-state index contributed by atoms with van der Waals surface area (Å²) in [5.41, 5.74) is 0. The minimum Gasteiger partial charge on any atom is -0.459 e. The third-order valence-electron chi connectivity index (χ3n) is 5.37. The summed E-state index contributed by atoms with van der Waals surface area (Å²) in [7, 11) is -5.40. The van der Waals surface area contributed by atoms with Gasteiger partial charge in [0.2, 0.25) is 0 Å². The van der Waals surface area contributed by atoms with Crippen LogP contribution in [0.3, 0.4) is 0 Å². The first kappa shape index (κ1) is 40.1. The summed E-state index contributed by atoms with van der Waals surface area (Å²) in [6, 6.07) is 0. The Hall–Kier alpha value is -1.92. The van der Waals surface area contributed by atoms with Crippen LogP contribution in [-0.2, 0) is 66.6 Å². The van der Waals surface area contributed by atoms with Crippen LogP contribution in [0.2, 0.25) is 0 Å². The maximum atomic E-state index is 12.2. The van der Waals surface area contributed by atoms with Gasteiger partial charge in [-0.1, -0.05) is 24.3 Å². The number of allylic oxidation sites excluding steroid dienone is 2. The fourth-order valence-electron chi connectivity index (χ4n) is 3.95. The second-order valence-corrected chi connectivity index (χ2v) is 12.5. The van der Waals surface area contributed by atoms with Crippen molar-refractivity contribution in [3.05, 3.63) is 24.3 Å². The van der Waals surface area contributed by atoms with Crippen molar-refractivity contribution in [3.63, 3.8) is 0 Å². The van der Waals surface area contributed by atoms with Crippen LogP contribution in [0.15, 0.2) is 24.3 Å². The molecule has 0 rings (SSSR count). The van der Waals surface area contributed by atoms with Crippen LogP contribution in [0, 0.1) is 0 Å². The van der Waals surface area contributed by atoms with E-state index in [0.29, 0.717) is 0 Å². The van der Waals surface area contributed by atoms with Crippen molar-refractivity contribution >= 4 is 32.2 Å². The standard InChI is InChI=1S/C26H46O14S2/c1-9-11-21(35-17-33-5)23(37-19(3)27)13-15-25(39-41(7,29)30)26(40-42(8,31)32)16-14-24(38-20(4)28)22(12-10-2)36-18-34-6/h9-12,21-26H,13-18H2,1-8H3/b11-9+,12-10+/t21-,22-,23+,24+,25-,26-/m1/s1. The van der Waals surface area contributed by atoms with E-state index >= 15 is 0 Å². The van der Waals surface area contributed by atoms with Gasteiger partial charge in [-0.05, 0) is 39.5 Å². The van der Waals surface area contributed by atoms with Gasteiger partial charge >= 0.3 is 11.9 Å². The van der Waals surface area contributed by atoms with Crippen LogP contribution in [0.25, 0.3) is 0 Å². The lowest BCUT2D eigenvalue weighted by atomic mass is 9.97. The molecule has 0 aliphatic rings. The summed E-state index contributed by atoms with van der Waals surface area (Å²) in [6.07, 6.45) is 1.93. The molecule has 0 aromatic heterocycles. The highest BCUT2D eigenvalue weighted by molar-refractivity contribution is 7.86. The highest BCUT2D eigenvalue weighted by Gasteiger charge is 2.34. The third kappa shape index (κ3) is 19.3. The molecule has 6 atom stereocenters. The van der Waals surface area contributed by atoms with Gasteiger partial charge in [0, 0.05) is 28.1 Å². The molecule has 16 heteroatoms. The number of hydrogen-bond donors (Lipinski definition) is 0. The predicted octanol–water partition coefficient (Wildman–Crippen LogP) is 2.23. The van der Waals surface area contributed by atoms with Gasteiger partial charge < -0.3 is 28.4 Å². The molecule has 0 N–H and O–H groups in total. The number of ether oxygens (including phenoxy) is 6. The first-order chi connectivity index (χ1) is 19.6. The van der Waals surface area contributed by atoms with Crippen molar-refractivity contribution in [2.75, 3.05) is 40.3 Å². The summed E-state index contributed by atoms with van der Waals surface area (Å²) in [6.45, 7) is 5.64. The van der Waals surface area contributed by atoms with Crippen molar-refractivity contribution in [1.29, 1.82) is 0 Å². The third-order valence-corrected chi connectivity index (χ3v) is 6.56. The molecular weight excluding hydrogens is 600 g/mol. The largest absolute Gasteiger partial charge is 0.459 e. The Morgan fingerprint density at radius 1 is 0.619 bits per heavy atom. The van der Waals surface area contributed by atoms with Crippen LogP contribution >= 0.6 is 0 Å². The first-order valence-electron chi connectivity index (χ1n) is 13.1. The van der Waals surface area contributed by atoms with Crippen LogP contribution in [-0.4, -0.2) is 106 Å². The Morgan fingerprint density at radius 3 is 1.17 bits per heavy atom. The molecule has 0 amide bonds. The Balaban J connectivity index is 6.35. The fraction of sp³-hybridized carbons (Fsp3) is 0.769. The van der Waals surface area contributed by atoms with E-state index in [1.807, 2.05) is 0 Å². The minimum absolute atomic E-state index is 0.00632. The second kappa shape index (κ2) is 20.9. The van der Waals surface area contributed by atoms with Crippen LogP contribution in [0.4, 0.5) is 0 Å². The molecule has 0 saturated carbocycles. The Labute approximate surface area is 249 Å². The van der Waals surface area contributed by atoms with Gasteiger partial charge in [0.15, 0.2) is 0 Å². The zero-order valence-corrected chi connectivity index (χ0v) is 27.2. The van der Waals surface area contributed by atoms with E-state index in [4.69, 9.17) is 36.8 Å². The van der Waals surface area contributed by atoms with Crippen LogP contribution < -0.4 is 0 Å². The lowest BCUT2D eigenvalue weighted by Crippen LogP contribution is -2.40. The van der Waals surface area contributed by atoms with Crippen molar-refractivity contribution in [2.45, 2.75) is 90.0 Å². The molecule has 0 saturated heterocycles. The van der Waals surface area contributed by atoms with Crippen molar-refractivity contribution in [2.24, 2.45) is 0 Å². The quantitative estimate of drug-likeness (QED) is 0.0683. The number of carbonyl (C=O) groups is 2. The summed E-state index contributed by atoms with van der Waals surface area (Å²) in [4.78, 5) is 23.7. The number of hydrogen-bond acceptors (Lipinski definition) is 14. The van der Waals surface area contributed by atoms with E-state index < -0.39 is 68.8 Å². The second-order valence-electron chi connectivity index (χ2n) is 9.26. The van der Waals surface area contributed by atoms with Gasteiger partial charge in [0.1, 0.15) is 50.2 Å². The smallest absolute Gasteiger partial charge is 0.303 e. The monoisotopic (exact) mass is 646 g/mol. The minimum atomic E-state index is -4.12. The van der Waals surface area contributed by atoms with E-state index in [9.17, 15) is 26.4 Å². The topological polar surface area (TPSA) is 176 Å². The number of carbonyl (C=O) groups excluding carboxylic acids is 2. The number of rotatable bonds is 23. The number of esters is 2. The van der Waals surface area contributed by atoms with Gasteiger partial charge in [0.05, 0.1) is 12.5 Å².